The van der Waals surface area contributed by atoms with Gasteiger partial charge >= 0.3 is 0 Å². The Bertz CT molecular complexity index is 566. The first-order valence-electron chi connectivity index (χ1n) is 5.86. The first-order valence-corrected chi connectivity index (χ1v) is 7.53. The van der Waals surface area contributed by atoms with Crippen molar-refractivity contribution in [1.82, 2.24) is 0 Å². The molecule has 0 aliphatic carbocycles. The van der Waals surface area contributed by atoms with Crippen LogP contribution in [-0.2, 0) is 6.42 Å². The van der Waals surface area contributed by atoms with E-state index in [0.29, 0.717) is 15.9 Å². The molecule has 1 unspecified atom stereocenters. The molecule has 1 atom stereocenters. The van der Waals surface area contributed by atoms with E-state index in [2.05, 4.69) is 0 Å². The normalized spacial score (nSPS) is 12.4. The van der Waals surface area contributed by atoms with E-state index in [1.165, 1.54) is 0 Å². The molecule has 0 fully saturated rings. The van der Waals surface area contributed by atoms with Gasteiger partial charge in [0.15, 0.2) is 0 Å². The van der Waals surface area contributed by atoms with E-state index in [1.54, 1.807) is 6.07 Å². The molecule has 100 valence electrons. The molecule has 0 radical (unpaired) electrons. The van der Waals surface area contributed by atoms with E-state index in [1.807, 2.05) is 36.4 Å². The Kier molecular flexibility index (Phi) is 5.41. The third-order valence-electron chi connectivity index (χ3n) is 3.01. The highest BCUT2D eigenvalue weighted by molar-refractivity contribution is 6.35. The van der Waals surface area contributed by atoms with Crippen LogP contribution in [0.4, 0.5) is 0 Å². The van der Waals surface area contributed by atoms with Gasteiger partial charge < -0.3 is 0 Å². The van der Waals surface area contributed by atoms with Crippen LogP contribution in [0.2, 0.25) is 15.1 Å². The maximum absolute atomic E-state index is 6.22. The van der Waals surface area contributed by atoms with Crippen LogP contribution in [0.15, 0.2) is 42.5 Å². The van der Waals surface area contributed by atoms with Crippen molar-refractivity contribution < 1.29 is 0 Å². The number of hydrogen-bond acceptors (Lipinski definition) is 0. The SMILES string of the molecule is ClCC(Cc1ccc(Cl)cc1Cl)c1ccccc1Cl. The smallest absolute Gasteiger partial charge is 0.0453 e. The fraction of sp³-hybridized carbons (Fsp3) is 0.200. The summed E-state index contributed by atoms with van der Waals surface area (Å²) in [5.74, 6) is 0.622. The summed E-state index contributed by atoms with van der Waals surface area (Å²) in [6, 6.07) is 13.3. The summed E-state index contributed by atoms with van der Waals surface area (Å²) in [5.41, 5.74) is 2.07. The Morgan fingerprint density at radius 1 is 0.895 bits per heavy atom. The molecule has 0 spiro atoms. The predicted octanol–water partition coefficient (Wildman–Crippen LogP) is 6.21. The van der Waals surface area contributed by atoms with Crippen LogP contribution in [-0.4, -0.2) is 5.88 Å². The molecular formula is C15H12Cl4. The molecule has 19 heavy (non-hydrogen) atoms. The number of halogens is 4. The van der Waals surface area contributed by atoms with Crippen molar-refractivity contribution in [2.45, 2.75) is 12.3 Å². The molecular weight excluding hydrogens is 322 g/mol. The summed E-state index contributed by atoms with van der Waals surface area (Å²) in [6.07, 6.45) is 0.739. The minimum absolute atomic E-state index is 0.133. The number of benzene rings is 2. The third-order valence-corrected chi connectivity index (χ3v) is 4.32. The van der Waals surface area contributed by atoms with Crippen molar-refractivity contribution in [3.05, 3.63) is 68.7 Å². The van der Waals surface area contributed by atoms with Gasteiger partial charge in [-0.05, 0) is 35.7 Å². The zero-order chi connectivity index (χ0) is 13.8. The molecule has 0 heterocycles. The molecule has 4 heteroatoms. The predicted molar refractivity (Wildman–Crippen MR) is 85.1 cm³/mol. The van der Waals surface area contributed by atoms with E-state index in [0.717, 1.165) is 22.6 Å². The monoisotopic (exact) mass is 332 g/mol. The van der Waals surface area contributed by atoms with Gasteiger partial charge in [-0.15, -0.1) is 11.6 Å². The van der Waals surface area contributed by atoms with E-state index in [-0.39, 0.29) is 5.92 Å². The minimum Gasteiger partial charge on any atom is -0.126 e. The summed E-state index contributed by atoms with van der Waals surface area (Å²) in [5, 5.41) is 2.03. The van der Waals surface area contributed by atoms with Gasteiger partial charge in [-0.2, -0.15) is 0 Å². The maximum Gasteiger partial charge on any atom is 0.0453 e. The summed E-state index contributed by atoms with van der Waals surface area (Å²) < 4.78 is 0. The van der Waals surface area contributed by atoms with Gasteiger partial charge in [0.1, 0.15) is 0 Å². The highest BCUT2D eigenvalue weighted by Gasteiger charge is 2.15. The molecule has 0 saturated carbocycles. The Hall–Kier alpha value is -0.400. The second-order valence-electron chi connectivity index (χ2n) is 4.31. The zero-order valence-corrected chi connectivity index (χ0v) is 13.1. The average Bonchev–Trinajstić information content (AvgIpc) is 2.39. The summed E-state index contributed by atoms with van der Waals surface area (Å²) in [6.45, 7) is 0. The lowest BCUT2D eigenvalue weighted by Gasteiger charge is -2.17. The summed E-state index contributed by atoms with van der Waals surface area (Å²) in [4.78, 5) is 0. The van der Waals surface area contributed by atoms with Crippen LogP contribution in [0, 0.1) is 0 Å². The van der Waals surface area contributed by atoms with E-state index in [4.69, 9.17) is 46.4 Å². The lowest BCUT2D eigenvalue weighted by Crippen LogP contribution is -2.06. The number of rotatable bonds is 4. The van der Waals surface area contributed by atoms with E-state index >= 15 is 0 Å². The average molecular weight is 334 g/mol. The van der Waals surface area contributed by atoms with Crippen LogP contribution in [0.5, 0.6) is 0 Å². The van der Waals surface area contributed by atoms with E-state index < -0.39 is 0 Å². The standard InChI is InChI=1S/C15H12Cl4/c16-9-11(13-3-1-2-4-14(13)18)7-10-5-6-12(17)8-15(10)19/h1-6,8,11H,7,9H2. The first-order chi connectivity index (χ1) is 9.11. The Morgan fingerprint density at radius 2 is 1.63 bits per heavy atom. The Morgan fingerprint density at radius 3 is 2.26 bits per heavy atom. The molecule has 2 rings (SSSR count). The van der Waals surface area contributed by atoms with Gasteiger partial charge in [0.05, 0.1) is 0 Å². The molecule has 0 bridgehead atoms. The van der Waals surface area contributed by atoms with Gasteiger partial charge in [0, 0.05) is 26.9 Å². The fourth-order valence-electron chi connectivity index (χ4n) is 2.01. The van der Waals surface area contributed by atoms with Gasteiger partial charge in [0.25, 0.3) is 0 Å². The fourth-order valence-corrected chi connectivity index (χ4v) is 3.06. The molecule has 0 saturated heterocycles. The second-order valence-corrected chi connectivity index (χ2v) is 5.87. The quantitative estimate of drug-likeness (QED) is 0.583. The topological polar surface area (TPSA) is 0 Å². The van der Waals surface area contributed by atoms with Crippen molar-refractivity contribution >= 4 is 46.4 Å². The van der Waals surface area contributed by atoms with Crippen molar-refractivity contribution in [3.8, 4) is 0 Å². The number of alkyl halides is 1. The minimum atomic E-state index is 0.133. The Labute approximate surface area is 133 Å². The largest absolute Gasteiger partial charge is 0.126 e. The lowest BCUT2D eigenvalue weighted by atomic mass is 9.93. The molecule has 2 aromatic carbocycles. The molecule has 0 amide bonds. The third kappa shape index (κ3) is 3.79. The lowest BCUT2D eigenvalue weighted by molar-refractivity contribution is 0.767. The molecule has 0 aromatic heterocycles. The van der Waals surface area contributed by atoms with Gasteiger partial charge in [-0.25, -0.2) is 0 Å². The summed E-state index contributed by atoms with van der Waals surface area (Å²) >= 11 is 24.4. The maximum atomic E-state index is 6.22. The number of hydrogen-bond donors (Lipinski definition) is 0. The second kappa shape index (κ2) is 6.85. The molecule has 0 aliphatic rings. The van der Waals surface area contributed by atoms with Gasteiger partial charge in [-0.1, -0.05) is 59.1 Å². The first kappa shape index (κ1) is 15.0. The van der Waals surface area contributed by atoms with Crippen LogP contribution < -0.4 is 0 Å². The van der Waals surface area contributed by atoms with Crippen molar-refractivity contribution in [2.24, 2.45) is 0 Å². The van der Waals surface area contributed by atoms with Gasteiger partial charge in [-0.3, -0.25) is 0 Å². The van der Waals surface area contributed by atoms with Crippen molar-refractivity contribution in [3.63, 3.8) is 0 Å². The highest BCUT2D eigenvalue weighted by atomic mass is 35.5. The molecule has 0 nitrogen and oxygen atoms in total. The highest BCUT2D eigenvalue weighted by Crippen LogP contribution is 2.31. The van der Waals surface area contributed by atoms with Crippen LogP contribution in [0.25, 0.3) is 0 Å². The molecule has 2 aromatic rings. The van der Waals surface area contributed by atoms with Crippen LogP contribution in [0.3, 0.4) is 0 Å². The molecule has 0 aliphatic heterocycles. The van der Waals surface area contributed by atoms with Crippen LogP contribution in [0.1, 0.15) is 17.0 Å². The van der Waals surface area contributed by atoms with Crippen molar-refractivity contribution in [2.75, 3.05) is 5.88 Å². The van der Waals surface area contributed by atoms with E-state index in [9.17, 15) is 0 Å². The summed E-state index contributed by atoms with van der Waals surface area (Å²) in [7, 11) is 0. The van der Waals surface area contributed by atoms with Crippen LogP contribution >= 0.6 is 46.4 Å². The Balaban J connectivity index is 2.27. The van der Waals surface area contributed by atoms with Crippen molar-refractivity contribution in [1.29, 1.82) is 0 Å². The molecule has 0 N–H and O–H groups in total. The zero-order valence-electron chi connectivity index (χ0n) is 10.0. The van der Waals surface area contributed by atoms with Gasteiger partial charge in [0.2, 0.25) is 0 Å².